The molecule has 0 fully saturated rings. The molecule has 3 nitrogen and oxygen atoms in total. The van der Waals surface area contributed by atoms with Crippen LogP contribution in [0.1, 0.15) is 22.3 Å². The van der Waals surface area contributed by atoms with Gasteiger partial charge in [-0.2, -0.15) is 0 Å². The van der Waals surface area contributed by atoms with Gasteiger partial charge in [-0.05, 0) is 122 Å². The zero-order chi connectivity index (χ0) is 48.7. The van der Waals surface area contributed by atoms with Crippen LogP contribution >= 0.6 is 0 Å². The van der Waals surface area contributed by atoms with Crippen molar-refractivity contribution in [1.82, 2.24) is 4.57 Å². The number of nitrogens with zero attached hydrogens (tertiary/aromatic N) is 2. The highest BCUT2D eigenvalue weighted by Gasteiger charge is 2.46. The zero-order valence-corrected chi connectivity index (χ0v) is 40.4. The predicted molar refractivity (Wildman–Crippen MR) is 308 cm³/mol. The second kappa shape index (κ2) is 16.7. The molecule has 0 atom stereocenters. The van der Waals surface area contributed by atoms with E-state index in [4.69, 9.17) is 4.42 Å². The first-order valence-corrected chi connectivity index (χ1v) is 25.5. The van der Waals surface area contributed by atoms with Gasteiger partial charge < -0.3 is 13.9 Å². The lowest BCUT2D eigenvalue weighted by atomic mass is 9.67. The highest BCUT2D eigenvalue weighted by Crippen LogP contribution is 2.57. The monoisotopic (exact) mass is 942 g/mol. The van der Waals surface area contributed by atoms with Crippen molar-refractivity contribution in [1.29, 1.82) is 0 Å². The van der Waals surface area contributed by atoms with Crippen molar-refractivity contribution >= 4 is 71.6 Å². The Morgan fingerprint density at radius 3 is 1.70 bits per heavy atom. The largest absolute Gasteiger partial charge is 0.456 e. The maximum Gasteiger partial charge on any atom is 0.137 e. The molecule has 2 heterocycles. The van der Waals surface area contributed by atoms with Gasteiger partial charge in [-0.15, -0.1) is 0 Å². The third kappa shape index (κ3) is 6.27. The van der Waals surface area contributed by atoms with Crippen molar-refractivity contribution in [3.05, 3.63) is 301 Å². The highest BCUT2D eigenvalue weighted by atomic mass is 16.3. The third-order valence-electron chi connectivity index (χ3n) is 15.7. The van der Waals surface area contributed by atoms with E-state index in [0.29, 0.717) is 0 Å². The van der Waals surface area contributed by atoms with Crippen LogP contribution in [0, 0.1) is 0 Å². The zero-order valence-electron chi connectivity index (χ0n) is 40.4. The van der Waals surface area contributed by atoms with Gasteiger partial charge in [0.1, 0.15) is 11.2 Å². The maximum atomic E-state index is 6.42. The lowest BCUT2D eigenvalue weighted by Gasteiger charge is -2.35. The Kier molecular flexibility index (Phi) is 9.48. The van der Waals surface area contributed by atoms with Crippen molar-refractivity contribution in [2.75, 3.05) is 4.90 Å². The van der Waals surface area contributed by atoms with Crippen LogP contribution in [-0.4, -0.2) is 4.57 Å². The molecule has 0 unspecified atom stereocenters. The fraction of sp³-hybridized carbons (Fsp3) is 0.0141. The van der Waals surface area contributed by atoms with Gasteiger partial charge in [-0.3, -0.25) is 0 Å². The normalized spacial score (nSPS) is 12.7. The number of rotatable bonds is 8. The first-order chi connectivity index (χ1) is 36.7. The number of hydrogen-bond acceptors (Lipinski definition) is 2. The van der Waals surface area contributed by atoms with Gasteiger partial charge in [0.2, 0.25) is 0 Å². The first-order valence-electron chi connectivity index (χ1n) is 25.5. The summed E-state index contributed by atoms with van der Waals surface area (Å²) in [6, 6.07) is 102. The third-order valence-corrected chi connectivity index (χ3v) is 15.7. The minimum Gasteiger partial charge on any atom is -0.456 e. The standard InChI is InChI=1S/C71H46N2O/c1-3-21-50(22-4-1)71(51-23-5-2-6-24-51)62-31-14-11-28-57(62)58-44-42-53(46-63(58)71)72(64-33-17-20-47-19-7-8-27-56(47)64)52-40-37-48(38-41-52)54-25-9-10-26-55(54)49-39-43-60-59-29-12-15-32-65(59)73(67(60)45-49)66-34-18-36-69-70(66)61-30-13-16-35-68(61)74-69/h1-46H. The number of benzene rings is 12. The van der Waals surface area contributed by atoms with E-state index in [-0.39, 0.29) is 0 Å². The van der Waals surface area contributed by atoms with Gasteiger partial charge in [-0.1, -0.05) is 218 Å². The van der Waals surface area contributed by atoms with E-state index in [1.54, 1.807) is 0 Å². The minimum absolute atomic E-state index is 0.527. The van der Waals surface area contributed by atoms with E-state index in [9.17, 15) is 0 Å². The lowest BCUT2D eigenvalue weighted by molar-refractivity contribution is 0.669. The van der Waals surface area contributed by atoms with Crippen LogP contribution in [0.2, 0.25) is 0 Å². The Morgan fingerprint density at radius 1 is 0.338 bits per heavy atom. The minimum atomic E-state index is -0.527. The van der Waals surface area contributed by atoms with Crippen molar-refractivity contribution in [2.24, 2.45) is 0 Å². The quantitative estimate of drug-likeness (QED) is 0.151. The van der Waals surface area contributed by atoms with Gasteiger partial charge in [0.15, 0.2) is 0 Å². The summed E-state index contributed by atoms with van der Waals surface area (Å²) in [4.78, 5) is 2.46. The molecule has 74 heavy (non-hydrogen) atoms. The molecule has 3 heteroatoms. The number of fused-ring (bicyclic) bond motifs is 10. The van der Waals surface area contributed by atoms with Gasteiger partial charge >= 0.3 is 0 Å². The molecule has 14 aromatic rings. The molecule has 15 rings (SSSR count). The molecule has 0 saturated heterocycles. The average molecular weight is 943 g/mol. The number of para-hydroxylation sites is 2. The Hall–Kier alpha value is -9.70. The van der Waals surface area contributed by atoms with Crippen molar-refractivity contribution < 1.29 is 4.42 Å². The molecular weight excluding hydrogens is 897 g/mol. The molecule has 2 aromatic heterocycles. The van der Waals surface area contributed by atoms with Gasteiger partial charge in [-0.25, -0.2) is 0 Å². The van der Waals surface area contributed by atoms with Crippen molar-refractivity contribution in [3.8, 4) is 39.1 Å². The molecule has 0 amide bonds. The fourth-order valence-corrected chi connectivity index (χ4v) is 12.5. The summed E-state index contributed by atoms with van der Waals surface area (Å²) in [5.41, 5.74) is 20.2. The summed E-state index contributed by atoms with van der Waals surface area (Å²) >= 11 is 0. The van der Waals surface area contributed by atoms with Crippen LogP contribution in [0.25, 0.3) is 93.6 Å². The lowest BCUT2D eigenvalue weighted by Crippen LogP contribution is -2.28. The summed E-state index contributed by atoms with van der Waals surface area (Å²) in [5, 5.41) is 7.05. The summed E-state index contributed by atoms with van der Waals surface area (Å²) in [6.45, 7) is 0. The molecule has 1 aliphatic rings. The first kappa shape index (κ1) is 42.0. The number of anilines is 3. The smallest absolute Gasteiger partial charge is 0.137 e. The molecule has 0 aliphatic heterocycles. The SMILES string of the molecule is c1ccc(C2(c3ccccc3)c3ccccc3-c3ccc(N(c4ccc(-c5ccccc5-c5ccc6c7ccccc7n(-c7cccc8oc9ccccc9c78)c6c5)cc4)c4cccc5ccccc45)cc32)cc1. The molecule has 346 valence electrons. The molecule has 0 N–H and O–H groups in total. The van der Waals surface area contributed by atoms with Crippen LogP contribution < -0.4 is 4.90 Å². The van der Waals surface area contributed by atoms with E-state index in [1.165, 1.54) is 66.1 Å². The Morgan fingerprint density at radius 2 is 0.905 bits per heavy atom. The molecule has 0 radical (unpaired) electrons. The topological polar surface area (TPSA) is 21.3 Å². The second-order valence-corrected chi connectivity index (χ2v) is 19.5. The van der Waals surface area contributed by atoms with E-state index in [1.807, 2.05) is 6.07 Å². The van der Waals surface area contributed by atoms with Gasteiger partial charge in [0.05, 0.1) is 33.2 Å². The van der Waals surface area contributed by atoms with E-state index >= 15 is 0 Å². The highest BCUT2D eigenvalue weighted by molar-refractivity contribution is 6.15. The fourth-order valence-electron chi connectivity index (χ4n) is 12.5. The molecule has 1 aliphatic carbocycles. The Balaban J connectivity index is 0.888. The summed E-state index contributed by atoms with van der Waals surface area (Å²) in [5.74, 6) is 0. The van der Waals surface area contributed by atoms with E-state index < -0.39 is 5.41 Å². The second-order valence-electron chi connectivity index (χ2n) is 19.5. The van der Waals surface area contributed by atoms with Crippen LogP contribution in [-0.2, 0) is 5.41 Å². The van der Waals surface area contributed by atoms with E-state index in [0.717, 1.165) is 66.8 Å². The van der Waals surface area contributed by atoms with Gasteiger partial charge in [0, 0.05) is 32.9 Å². The molecule has 12 aromatic carbocycles. The summed E-state index contributed by atoms with van der Waals surface area (Å²) in [7, 11) is 0. The predicted octanol–water partition coefficient (Wildman–Crippen LogP) is 19.0. The van der Waals surface area contributed by atoms with Crippen LogP contribution in [0.4, 0.5) is 17.1 Å². The summed E-state index contributed by atoms with van der Waals surface area (Å²) in [6.07, 6.45) is 0. The van der Waals surface area contributed by atoms with Crippen molar-refractivity contribution in [2.45, 2.75) is 5.41 Å². The molecular formula is C71H46N2O. The van der Waals surface area contributed by atoms with Crippen molar-refractivity contribution in [3.63, 3.8) is 0 Å². The number of furan rings is 1. The van der Waals surface area contributed by atoms with Crippen LogP contribution in [0.15, 0.2) is 283 Å². The molecule has 0 spiro atoms. The van der Waals surface area contributed by atoms with E-state index in [2.05, 4.69) is 282 Å². The van der Waals surface area contributed by atoms with Crippen LogP contribution in [0.3, 0.4) is 0 Å². The average Bonchev–Trinajstić information content (AvgIpc) is 4.13. The summed E-state index contributed by atoms with van der Waals surface area (Å²) < 4.78 is 8.85. The molecule has 0 saturated carbocycles. The number of hydrogen-bond donors (Lipinski definition) is 0. The Bertz CT molecular complexity index is 4440. The Labute approximate surface area is 429 Å². The van der Waals surface area contributed by atoms with Crippen LogP contribution in [0.5, 0.6) is 0 Å². The maximum absolute atomic E-state index is 6.42. The number of aromatic nitrogens is 1. The molecule has 0 bridgehead atoms. The van der Waals surface area contributed by atoms with Gasteiger partial charge in [0.25, 0.3) is 0 Å².